The Morgan fingerprint density at radius 3 is 2.78 bits per heavy atom. The van der Waals surface area contributed by atoms with E-state index < -0.39 is 0 Å². The van der Waals surface area contributed by atoms with E-state index in [1.165, 1.54) is 0 Å². The van der Waals surface area contributed by atoms with E-state index in [4.69, 9.17) is 5.73 Å². The lowest BCUT2D eigenvalue weighted by atomic mass is 10.1. The highest BCUT2D eigenvalue weighted by molar-refractivity contribution is 5.81. The average molecular weight is 239 g/mol. The minimum atomic E-state index is 0.228. The summed E-state index contributed by atoms with van der Waals surface area (Å²) in [5.41, 5.74) is 10.2. The Labute approximate surface area is 104 Å². The molecular formula is C14H13N3O. The predicted molar refractivity (Wildman–Crippen MR) is 72.3 cm³/mol. The van der Waals surface area contributed by atoms with E-state index in [0.717, 1.165) is 33.7 Å². The number of nitrogens with zero attached hydrogens (tertiary/aromatic N) is 1. The van der Waals surface area contributed by atoms with E-state index in [1.807, 2.05) is 25.1 Å². The molecule has 4 heteroatoms. The molecule has 0 amide bonds. The normalized spacial score (nSPS) is 10.9. The van der Waals surface area contributed by atoms with Crippen LogP contribution < -0.4 is 5.73 Å². The fourth-order valence-electron chi connectivity index (χ4n) is 1.96. The van der Waals surface area contributed by atoms with Gasteiger partial charge in [-0.2, -0.15) is 0 Å². The van der Waals surface area contributed by atoms with Gasteiger partial charge in [0.15, 0.2) is 0 Å². The molecule has 0 atom stereocenters. The van der Waals surface area contributed by atoms with Crippen LogP contribution in [0.25, 0.3) is 22.4 Å². The van der Waals surface area contributed by atoms with Gasteiger partial charge in [-0.25, -0.2) is 4.98 Å². The lowest BCUT2D eigenvalue weighted by molar-refractivity contribution is 0.476. The van der Waals surface area contributed by atoms with E-state index in [2.05, 4.69) is 9.97 Å². The Balaban J connectivity index is 2.16. The molecule has 4 N–H and O–H groups in total. The van der Waals surface area contributed by atoms with E-state index in [-0.39, 0.29) is 5.75 Å². The number of hydrogen-bond acceptors (Lipinski definition) is 3. The predicted octanol–water partition coefficient (Wildman–Crippen LogP) is 2.83. The van der Waals surface area contributed by atoms with Crippen LogP contribution >= 0.6 is 0 Å². The molecule has 0 unspecified atom stereocenters. The van der Waals surface area contributed by atoms with E-state index >= 15 is 0 Å². The number of fused-ring (bicyclic) bond motifs is 1. The monoisotopic (exact) mass is 239 g/mol. The molecular weight excluding hydrogens is 226 g/mol. The number of benzene rings is 2. The highest BCUT2D eigenvalue weighted by Crippen LogP contribution is 2.25. The van der Waals surface area contributed by atoms with Gasteiger partial charge in [0, 0.05) is 17.3 Å². The second-order valence-electron chi connectivity index (χ2n) is 4.36. The first-order chi connectivity index (χ1) is 8.63. The van der Waals surface area contributed by atoms with Gasteiger partial charge in [-0.3, -0.25) is 0 Å². The summed E-state index contributed by atoms with van der Waals surface area (Å²) in [5, 5.41) is 9.43. The third-order valence-corrected chi connectivity index (χ3v) is 3.01. The van der Waals surface area contributed by atoms with Crippen molar-refractivity contribution in [3.05, 3.63) is 42.0 Å². The molecule has 0 bridgehead atoms. The molecule has 0 fully saturated rings. The molecule has 3 rings (SSSR count). The van der Waals surface area contributed by atoms with Gasteiger partial charge in [-0.1, -0.05) is 0 Å². The molecule has 0 saturated carbocycles. The first kappa shape index (κ1) is 10.7. The van der Waals surface area contributed by atoms with Gasteiger partial charge >= 0.3 is 0 Å². The van der Waals surface area contributed by atoms with Crippen LogP contribution in [-0.4, -0.2) is 15.1 Å². The maximum absolute atomic E-state index is 9.43. The Hall–Kier alpha value is -2.49. The van der Waals surface area contributed by atoms with Gasteiger partial charge < -0.3 is 15.8 Å². The van der Waals surface area contributed by atoms with Gasteiger partial charge in [-0.15, -0.1) is 0 Å². The van der Waals surface area contributed by atoms with Crippen LogP contribution in [0.3, 0.4) is 0 Å². The number of H-pyrrole nitrogens is 1. The number of phenols is 1. The van der Waals surface area contributed by atoms with Gasteiger partial charge in [-0.05, 0) is 42.8 Å². The summed E-state index contributed by atoms with van der Waals surface area (Å²) in [5.74, 6) is 1.00. The van der Waals surface area contributed by atoms with Crippen LogP contribution in [0.2, 0.25) is 0 Å². The van der Waals surface area contributed by atoms with E-state index in [0.29, 0.717) is 0 Å². The minimum absolute atomic E-state index is 0.228. The van der Waals surface area contributed by atoms with Crippen molar-refractivity contribution in [2.24, 2.45) is 0 Å². The Morgan fingerprint density at radius 1 is 1.17 bits per heavy atom. The highest BCUT2D eigenvalue weighted by atomic mass is 16.3. The first-order valence-electron chi connectivity index (χ1n) is 5.69. The molecule has 18 heavy (non-hydrogen) atoms. The highest BCUT2D eigenvalue weighted by Gasteiger charge is 2.06. The number of aryl methyl sites for hydroxylation is 1. The second-order valence-corrected chi connectivity index (χ2v) is 4.36. The number of aromatic hydroxyl groups is 1. The summed E-state index contributed by atoms with van der Waals surface area (Å²) in [6.07, 6.45) is 0. The van der Waals surface area contributed by atoms with Gasteiger partial charge in [0.1, 0.15) is 11.6 Å². The zero-order chi connectivity index (χ0) is 12.7. The number of imidazole rings is 1. The maximum atomic E-state index is 9.43. The molecule has 1 heterocycles. The van der Waals surface area contributed by atoms with Crippen molar-refractivity contribution in [2.45, 2.75) is 6.92 Å². The second kappa shape index (κ2) is 3.77. The van der Waals surface area contributed by atoms with Crippen LogP contribution in [0.5, 0.6) is 5.75 Å². The number of aromatic nitrogens is 2. The van der Waals surface area contributed by atoms with Crippen LogP contribution in [0.1, 0.15) is 5.56 Å². The fourth-order valence-corrected chi connectivity index (χ4v) is 1.96. The molecule has 0 spiro atoms. The summed E-state index contributed by atoms with van der Waals surface area (Å²) < 4.78 is 0. The molecule has 0 aliphatic rings. The number of phenolic OH excluding ortho intramolecular Hbond substituents is 1. The van der Waals surface area contributed by atoms with Crippen molar-refractivity contribution in [1.82, 2.24) is 9.97 Å². The van der Waals surface area contributed by atoms with Gasteiger partial charge in [0.25, 0.3) is 0 Å². The summed E-state index contributed by atoms with van der Waals surface area (Å²) >= 11 is 0. The third kappa shape index (κ3) is 1.68. The molecule has 0 saturated heterocycles. The van der Waals surface area contributed by atoms with Crippen molar-refractivity contribution in [3.8, 4) is 17.1 Å². The largest absolute Gasteiger partial charge is 0.508 e. The lowest BCUT2D eigenvalue weighted by Gasteiger charge is -2.01. The van der Waals surface area contributed by atoms with Crippen LogP contribution in [0.4, 0.5) is 5.69 Å². The van der Waals surface area contributed by atoms with E-state index in [1.54, 1.807) is 18.2 Å². The maximum Gasteiger partial charge on any atom is 0.138 e. The third-order valence-electron chi connectivity index (χ3n) is 3.01. The fraction of sp³-hybridized carbons (Fsp3) is 0.0714. The summed E-state index contributed by atoms with van der Waals surface area (Å²) in [6, 6.07) is 10.9. The SMILES string of the molecule is Cc1cc(-c2nc3ccc(O)cc3[nH]2)ccc1N. The molecule has 0 aliphatic carbocycles. The number of nitrogen functional groups attached to an aromatic ring is 1. The number of rotatable bonds is 1. The standard InChI is InChI=1S/C14H13N3O/c1-8-6-9(2-4-11(8)15)14-16-12-5-3-10(18)7-13(12)17-14/h2-7,18H,15H2,1H3,(H,16,17). The molecule has 90 valence electrons. The summed E-state index contributed by atoms with van der Waals surface area (Å²) in [4.78, 5) is 7.67. The molecule has 0 aliphatic heterocycles. The van der Waals surface area contributed by atoms with Crippen LogP contribution in [0, 0.1) is 6.92 Å². The zero-order valence-electron chi connectivity index (χ0n) is 9.94. The summed E-state index contributed by atoms with van der Waals surface area (Å²) in [6.45, 7) is 1.97. The number of nitrogens with two attached hydrogens (primary N) is 1. The van der Waals surface area contributed by atoms with Crippen molar-refractivity contribution in [1.29, 1.82) is 0 Å². The number of nitrogens with one attached hydrogen (secondary N) is 1. The summed E-state index contributed by atoms with van der Waals surface area (Å²) in [7, 11) is 0. The topological polar surface area (TPSA) is 74.9 Å². The van der Waals surface area contributed by atoms with Crippen molar-refractivity contribution in [3.63, 3.8) is 0 Å². The molecule has 0 radical (unpaired) electrons. The Bertz CT molecular complexity index is 731. The lowest BCUT2D eigenvalue weighted by Crippen LogP contribution is -1.90. The van der Waals surface area contributed by atoms with Crippen molar-refractivity contribution in [2.75, 3.05) is 5.73 Å². The van der Waals surface area contributed by atoms with Gasteiger partial charge in [0.05, 0.1) is 11.0 Å². The zero-order valence-corrected chi connectivity index (χ0v) is 9.94. The van der Waals surface area contributed by atoms with Crippen LogP contribution in [-0.2, 0) is 0 Å². The van der Waals surface area contributed by atoms with Gasteiger partial charge in [0.2, 0.25) is 0 Å². The molecule has 3 aromatic rings. The minimum Gasteiger partial charge on any atom is -0.508 e. The molecule has 4 nitrogen and oxygen atoms in total. The Kier molecular flexibility index (Phi) is 2.23. The molecule has 2 aromatic carbocycles. The van der Waals surface area contributed by atoms with Crippen molar-refractivity contribution >= 4 is 16.7 Å². The van der Waals surface area contributed by atoms with Crippen LogP contribution in [0.15, 0.2) is 36.4 Å². The first-order valence-corrected chi connectivity index (χ1v) is 5.69. The number of anilines is 1. The van der Waals surface area contributed by atoms with Crippen molar-refractivity contribution < 1.29 is 5.11 Å². The Morgan fingerprint density at radius 2 is 2.00 bits per heavy atom. The number of aromatic amines is 1. The van der Waals surface area contributed by atoms with E-state index in [9.17, 15) is 5.11 Å². The average Bonchev–Trinajstić information content (AvgIpc) is 2.75. The molecule has 1 aromatic heterocycles. The number of hydrogen-bond donors (Lipinski definition) is 3. The quantitative estimate of drug-likeness (QED) is 0.571. The smallest absolute Gasteiger partial charge is 0.138 e.